The summed E-state index contributed by atoms with van der Waals surface area (Å²) in [5.74, 6) is 0. The number of hydrogen-bond acceptors (Lipinski definition) is 5. The van der Waals surface area contributed by atoms with E-state index in [1.54, 1.807) is 6.07 Å². The maximum absolute atomic E-state index is 10.7. The van der Waals surface area contributed by atoms with Crippen LogP contribution >= 0.6 is 15.9 Å². The Balaban J connectivity index is 3.00. The fraction of sp³-hybridized carbons (Fsp3) is 0.333. The average Bonchev–Trinajstić information content (AvgIpc) is 2.25. The molecule has 0 atom stereocenters. The van der Waals surface area contributed by atoms with Crippen LogP contribution < -0.4 is 5.32 Å². The molecule has 0 bridgehead atoms. The number of nitro benzene ring substituents is 1. The van der Waals surface area contributed by atoms with Gasteiger partial charge in [0.1, 0.15) is 5.69 Å². The number of nitro groups is 1. The molecule has 0 saturated heterocycles. The van der Waals surface area contributed by atoms with Gasteiger partial charge in [0.05, 0.1) is 24.2 Å². The van der Waals surface area contributed by atoms with Crippen molar-refractivity contribution < 1.29 is 15.1 Å². The molecular formula is C9H11BrN2O4. The van der Waals surface area contributed by atoms with Crippen molar-refractivity contribution in [2.75, 3.05) is 18.5 Å². The minimum Gasteiger partial charge on any atom is -0.394 e. The standard InChI is InChI=1S/C9H11BrN2O4/c10-6-1-2-9(12(15)16)8(3-6)11-7(4-13)5-14/h1-3,7,11,13-14H,4-5H2. The molecule has 0 amide bonds. The van der Waals surface area contributed by atoms with Crippen molar-refractivity contribution in [2.24, 2.45) is 0 Å². The fourth-order valence-corrected chi connectivity index (χ4v) is 1.51. The SMILES string of the molecule is O=[N+]([O-])c1ccc(Br)cc1NC(CO)CO. The Kier molecular flexibility index (Phi) is 4.66. The van der Waals surface area contributed by atoms with Gasteiger partial charge in [0, 0.05) is 10.5 Å². The third kappa shape index (κ3) is 3.16. The molecule has 0 fully saturated rings. The first-order valence-electron chi connectivity index (χ1n) is 4.50. The summed E-state index contributed by atoms with van der Waals surface area (Å²) >= 11 is 3.19. The van der Waals surface area contributed by atoms with Crippen LogP contribution in [0.3, 0.4) is 0 Å². The monoisotopic (exact) mass is 290 g/mol. The van der Waals surface area contributed by atoms with Crippen LogP contribution in [-0.2, 0) is 0 Å². The third-order valence-corrected chi connectivity index (χ3v) is 2.45. The summed E-state index contributed by atoms with van der Waals surface area (Å²) < 4.78 is 0.676. The Morgan fingerprint density at radius 2 is 2.06 bits per heavy atom. The molecule has 1 aromatic rings. The van der Waals surface area contributed by atoms with Gasteiger partial charge in [-0.15, -0.1) is 0 Å². The van der Waals surface area contributed by atoms with Crippen LogP contribution in [0.1, 0.15) is 0 Å². The Labute approximate surface area is 100 Å². The van der Waals surface area contributed by atoms with Crippen LogP contribution in [0.25, 0.3) is 0 Å². The number of rotatable bonds is 5. The van der Waals surface area contributed by atoms with Gasteiger partial charge >= 0.3 is 0 Å². The van der Waals surface area contributed by atoms with Gasteiger partial charge in [0.25, 0.3) is 5.69 Å². The fourth-order valence-electron chi connectivity index (χ4n) is 1.15. The van der Waals surface area contributed by atoms with E-state index in [9.17, 15) is 10.1 Å². The number of nitrogens with one attached hydrogen (secondary N) is 1. The van der Waals surface area contributed by atoms with E-state index in [0.717, 1.165) is 0 Å². The predicted octanol–water partition coefficient (Wildman–Crippen LogP) is 1.12. The molecule has 1 rings (SSSR count). The van der Waals surface area contributed by atoms with E-state index < -0.39 is 11.0 Å². The number of hydrogen-bond donors (Lipinski definition) is 3. The van der Waals surface area contributed by atoms with E-state index in [4.69, 9.17) is 10.2 Å². The molecule has 0 saturated carbocycles. The largest absolute Gasteiger partial charge is 0.394 e. The first kappa shape index (κ1) is 12.9. The number of aliphatic hydroxyl groups excluding tert-OH is 2. The summed E-state index contributed by atoms with van der Waals surface area (Å²) in [6.45, 7) is -0.611. The molecule has 88 valence electrons. The Morgan fingerprint density at radius 3 is 2.56 bits per heavy atom. The molecule has 0 aliphatic carbocycles. The number of benzene rings is 1. The lowest BCUT2D eigenvalue weighted by atomic mass is 10.2. The normalized spacial score (nSPS) is 10.5. The third-order valence-electron chi connectivity index (χ3n) is 1.96. The second-order valence-electron chi connectivity index (χ2n) is 3.12. The average molecular weight is 291 g/mol. The molecule has 0 aliphatic heterocycles. The molecule has 1 aromatic carbocycles. The number of nitrogens with zero attached hydrogens (tertiary/aromatic N) is 1. The van der Waals surface area contributed by atoms with Crippen molar-refractivity contribution in [3.8, 4) is 0 Å². The molecule has 3 N–H and O–H groups in total. The van der Waals surface area contributed by atoms with E-state index in [1.165, 1.54) is 12.1 Å². The van der Waals surface area contributed by atoms with Gasteiger partial charge in [-0.3, -0.25) is 10.1 Å². The van der Waals surface area contributed by atoms with Gasteiger partial charge in [-0.1, -0.05) is 15.9 Å². The van der Waals surface area contributed by atoms with Gasteiger partial charge < -0.3 is 15.5 Å². The zero-order valence-electron chi connectivity index (χ0n) is 8.26. The van der Waals surface area contributed by atoms with E-state index in [2.05, 4.69) is 21.2 Å². The highest BCUT2D eigenvalue weighted by Crippen LogP contribution is 2.28. The van der Waals surface area contributed by atoms with E-state index >= 15 is 0 Å². The predicted molar refractivity (Wildman–Crippen MR) is 62.4 cm³/mol. The summed E-state index contributed by atoms with van der Waals surface area (Å²) in [4.78, 5) is 10.2. The molecule has 0 spiro atoms. The number of aliphatic hydroxyl groups is 2. The van der Waals surface area contributed by atoms with Crippen molar-refractivity contribution in [3.63, 3.8) is 0 Å². The maximum atomic E-state index is 10.7. The van der Waals surface area contributed by atoms with Crippen LogP contribution in [0, 0.1) is 10.1 Å². The minimum absolute atomic E-state index is 0.102. The Hall–Kier alpha value is -1.18. The molecule has 0 unspecified atom stereocenters. The van der Waals surface area contributed by atoms with Crippen molar-refractivity contribution in [3.05, 3.63) is 32.8 Å². The van der Waals surface area contributed by atoms with Crippen LogP contribution in [0.2, 0.25) is 0 Å². The van der Waals surface area contributed by atoms with Gasteiger partial charge in [-0.25, -0.2) is 0 Å². The van der Waals surface area contributed by atoms with Gasteiger partial charge in [-0.2, -0.15) is 0 Å². The lowest BCUT2D eigenvalue weighted by Crippen LogP contribution is -2.27. The smallest absolute Gasteiger partial charge is 0.292 e. The van der Waals surface area contributed by atoms with Gasteiger partial charge in [0.15, 0.2) is 0 Å². The summed E-state index contributed by atoms with van der Waals surface area (Å²) in [6.07, 6.45) is 0. The topological polar surface area (TPSA) is 95.6 Å². The molecule has 0 aromatic heterocycles. The zero-order valence-corrected chi connectivity index (χ0v) is 9.85. The second kappa shape index (κ2) is 5.78. The van der Waals surface area contributed by atoms with E-state index in [-0.39, 0.29) is 24.6 Å². The summed E-state index contributed by atoms with van der Waals surface area (Å²) in [7, 11) is 0. The first-order valence-corrected chi connectivity index (χ1v) is 5.30. The van der Waals surface area contributed by atoms with Crippen molar-refractivity contribution in [2.45, 2.75) is 6.04 Å². The number of halogens is 1. The van der Waals surface area contributed by atoms with Crippen molar-refractivity contribution in [1.29, 1.82) is 0 Å². The molecule has 0 aliphatic rings. The molecule has 0 heterocycles. The molecule has 6 nitrogen and oxygen atoms in total. The molecular weight excluding hydrogens is 280 g/mol. The highest BCUT2D eigenvalue weighted by atomic mass is 79.9. The van der Waals surface area contributed by atoms with E-state index in [0.29, 0.717) is 4.47 Å². The van der Waals surface area contributed by atoms with Crippen molar-refractivity contribution in [1.82, 2.24) is 0 Å². The van der Waals surface area contributed by atoms with Gasteiger partial charge in [0.2, 0.25) is 0 Å². The maximum Gasteiger partial charge on any atom is 0.292 e. The molecule has 16 heavy (non-hydrogen) atoms. The highest BCUT2D eigenvalue weighted by Gasteiger charge is 2.16. The Bertz CT molecular complexity index is 382. The number of anilines is 1. The van der Waals surface area contributed by atoms with Gasteiger partial charge in [-0.05, 0) is 12.1 Å². The van der Waals surface area contributed by atoms with Crippen LogP contribution in [0.15, 0.2) is 22.7 Å². The Morgan fingerprint density at radius 1 is 1.44 bits per heavy atom. The highest BCUT2D eigenvalue weighted by molar-refractivity contribution is 9.10. The van der Waals surface area contributed by atoms with E-state index in [1.807, 2.05) is 0 Å². The summed E-state index contributed by atoms with van der Waals surface area (Å²) in [5, 5.41) is 31.2. The van der Waals surface area contributed by atoms with Crippen molar-refractivity contribution >= 4 is 27.3 Å². The lowest BCUT2D eigenvalue weighted by Gasteiger charge is -2.14. The molecule has 7 heteroatoms. The minimum atomic E-state index is -0.618. The lowest BCUT2D eigenvalue weighted by molar-refractivity contribution is -0.384. The van der Waals surface area contributed by atoms with Crippen LogP contribution in [-0.4, -0.2) is 34.4 Å². The summed E-state index contributed by atoms with van der Waals surface area (Å²) in [5.41, 5.74) is 0.155. The quantitative estimate of drug-likeness (QED) is 0.558. The van der Waals surface area contributed by atoms with Crippen LogP contribution in [0.5, 0.6) is 0 Å². The van der Waals surface area contributed by atoms with Crippen LogP contribution in [0.4, 0.5) is 11.4 Å². The zero-order chi connectivity index (χ0) is 12.1. The second-order valence-corrected chi connectivity index (χ2v) is 4.04. The molecule has 0 radical (unpaired) electrons. The summed E-state index contributed by atoms with van der Waals surface area (Å²) in [6, 6.07) is 3.80. The first-order chi connectivity index (χ1) is 7.58.